The molecule has 19 heavy (non-hydrogen) atoms. The second-order valence-corrected chi connectivity index (χ2v) is 4.92. The first-order valence-corrected chi connectivity index (χ1v) is 6.74. The molecule has 0 saturated heterocycles. The van der Waals surface area contributed by atoms with E-state index in [0.29, 0.717) is 6.42 Å². The van der Waals surface area contributed by atoms with E-state index in [2.05, 4.69) is 17.0 Å². The van der Waals surface area contributed by atoms with Gasteiger partial charge in [0, 0.05) is 13.0 Å². The van der Waals surface area contributed by atoms with Gasteiger partial charge in [-0.3, -0.25) is 4.68 Å². The lowest BCUT2D eigenvalue weighted by Crippen LogP contribution is -2.12. The molecule has 102 valence electrons. The van der Waals surface area contributed by atoms with Crippen molar-refractivity contribution in [3.8, 4) is 0 Å². The SMILES string of the molecule is CCCn1ncnc1CC(O)c1c(C)cccc1C. The molecule has 2 aromatic rings. The predicted molar refractivity (Wildman–Crippen MR) is 74.9 cm³/mol. The average molecular weight is 259 g/mol. The van der Waals surface area contributed by atoms with Crippen LogP contribution in [-0.2, 0) is 13.0 Å². The van der Waals surface area contributed by atoms with Crippen LogP contribution >= 0.6 is 0 Å². The van der Waals surface area contributed by atoms with Crippen LogP contribution in [0.3, 0.4) is 0 Å². The lowest BCUT2D eigenvalue weighted by molar-refractivity contribution is 0.172. The first-order chi connectivity index (χ1) is 9.13. The molecule has 1 unspecified atom stereocenters. The lowest BCUT2D eigenvalue weighted by Gasteiger charge is -2.16. The molecule has 4 nitrogen and oxygen atoms in total. The fraction of sp³-hybridized carbons (Fsp3) is 0.467. The summed E-state index contributed by atoms with van der Waals surface area (Å²) in [4.78, 5) is 4.25. The summed E-state index contributed by atoms with van der Waals surface area (Å²) in [5, 5.41) is 14.7. The molecule has 0 aliphatic rings. The van der Waals surface area contributed by atoms with E-state index in [1.807, 2.05) is 36.7 Å². The third-order valence-corrected chi connectivity index (χ3v) is 3.38. The molecule has 0 spiro atoms. The van der Waals surface area contributed by atoms with Crippen molar-refractivity contribution in [2.75, 3.05) is 0 Å². The molecule has 1 heterocycles. The van der Waals surface area contributed by atoms with Crippen molar-refractivity contribution in [3.05, 3.63) is 47.0 Å². The molecule has 0 fully saturated rings. The Morgan fingerprint density at radius 2 is 1.95 bits per heavy atom. The smallest absolute Gasteiger partial charge is 0.138 e. The Hall–Kier alpha value is -1.68. The van der Waals surface area contributed by atoms with Gasteiger partial charge in [-0.2, -0.15) is 5.10 Å². The van der Waals surface area contributed by atoms with Crippen molar-refractivity contribution in [2.45, 2.75) is 46.3 Å². The van der Waals surface area contributed by atoms with Crippen molar-refractivity contribution in [3.63, 3.8) is 0 Å². The van der Waals surface area contributed by atoms with Gasteiger partial charge in [0.15, 0.2) is 0 Å². The molecule has 1 aromatic carbocycles. The first-order valence-electron chi connectivity index (χ1n) is 6.74. The van der Waals surface area contributed by atoms with Crippen molar-refractivity contribution in [1.82, 2.24) is 14.8 Å². The maximum Gasteiger partial charge on any atom is 0.138 e. The second-order valence-electron chi connectivity index (χ2n) is 4.92. The van der Waals surface area contributed by atoms with Gasteiger partial charge in [0.1, 0.15) is 12.2 Å². The summed E-state index contributed by atoms with van der Waals surface area (Å²) in [6.07, 6.45) is 2.55. The molecule has 2 rings (SSSR count). The molecule has 0 radical (unpaired) electrons. The van der Waals surface area contributed by atoms with E-state index in [0.717, 1.165) is 35.5 Å². The summed E-state index contributed by atoms with van der Waals surface area (Å²) in [7, 11) is 0. The fourth-order valence-electron chi connectivity index (χ4n) is 2.47. The molecule has 0 bridgehead atoms. The van der Waals surface area contributed by atoms with Crippen LogP contribution in [0.1, 0.15) is 42.0 Å². The zero-order valence-electron chi connectivity index (χ0n) is 11.8. The van der Waals surface area contributed by atoms with Crippen LogP contribution < -0.4 is 0 Å². The molecule has 1 atom stereocenters. The molecule has 1 aromatic heterocycles. The minimum absolute atomic E-state index is 0.506. The largest absolute Gasteiger partial charge is 0.388 e. The van der Waals surface area contributed by atoms with E-state index in [9.17, 15) is 5.11 Å². The molecule has 0 amide bonds. The van der Waals surface area contributed by atoms with Crippen LogP contribution in [0.4, 0.5) is 0 Å². The zero-order valence-corrected chi connectivity index (χ0v) is 11.8. The third kappa shape index (κ3) is 3.01. The summed E-state index contributed by atoms with van der Waals surface area (Å²) in [6, 6.07) is 6.07. The number of hydrogen-bond donors (Lipinski definition) is 1. The highest BCUT2D eigenvalue weighted by atomic mass is 16.3. The van der Waals surface area contributed by atoms with E-state index < -0.39 is 6.10 Å². The van der Waals surface area contributed by atoms with Crippen LogP contribution in [0.15, 0.2) is 24.5 Å². The predicted octanol–water partition coefficient (Wildman–Crippen LogP) is 2.58. The van der Waals surface area contributed by atoms with Gasteiger partial charge in [0.25, 0.3) is 0 Å². The molecule has 0 saturated carbocycles. The molecule has 1 N–H and O–H groups in total. The number of aromatic nitrogens is 3. The Morgan fingerprint density at radius 1 is 1.26 bits per heavy atom. The van der Waals surface area contributed by atoms with Crippen molar-refractivity contribution in [1.29, 1.82) is 0 Å². The van der Waals surface area contributed by atoms with Crippen molar-refractivity contribution in [2.24, 2.45) is 0 Å². The molecular weight excluding hydrogens is 238 g/mol. The van der Waals surface area contributed by atoms with Gasteiger partial charge in [-0.1, -0.05) is 25.1 Å². The lowest BCUT2D eigenvalue weighted by atomic mass is 9.96. The standard InChI is InChI=1S/C15H21N3O/c1-4-8-18-14(16-10-17-18)9-13(19)15-11(2)6-5-7-12(15)3/h5-7,10,13,19H,4,8-9H2,1-3H3. The summed E-state index contributed by atoms with van der Waals surface area (Å²) in [5.41, 5.74) is 3.25. The third-order valence-electron chi connectivity index (χ3n) is 3.38. The van der Waals surface area contributed by atoms with Crippen LogP contribution in [0.5, 0.6) is 0 Å². The van der Waals surface area contributed by atoms with Gasteiger partial charge in [-0.05, 0) is 37.0 Å². The Bertz CT molecular complexity index is 528. The summed E-state index contributed by atoms with van der Waals surface area (Å²) in [6.45, 7) is 7.01. The van der Waals surface area contributed by atoms with Crippen LogP contribution in [0.2, 0.25) is 0 Å². The fourth-order valence-corrected chi connectivity index (χ4v) is 2.47. The van der Waals surface area contributed by atoms with E-state index in [-0.39, 0.29) is 0 Å². The highest BCUT2D eigenvalue weighted by Crippen LogP contribution is 2.24. The van der Waals surface area contributed by atoms with Gasteiger partial charge in [-0.15, -0.1) is 0 Å². The summed E-state index contributed by atoms with van der Waals surface area (Å²) < 4.78 is 1.87. The maximum atomic E-state index is 10.5. The number of aryl methyl sites for hydroxylation is 3. The van der Waals surface area contributed by atoms with Gasteiger partial charge in [-0.25, -0.2) is 4.98 Å². The number of aliphatic hydroxyl groups is 1. The van der Waals surface area contributed by atoms with Crippen LogP contribution in [0.25, 0.3) is 0 Å². The van der Waals surface area contributed by atoms with Crippen molar-refractivity contribution >= 4 is 0 Å². The van der Waals surface area contributed by atoms with Gasteiger partial charge >= 0.3 is 0 Å². The molecule has 0 aliphatic carbocycles. The van der Waals surface area contributed by atoms with Crippen LogP contribution in [-0.4, -0.2) is 19.9 Å². The molecule has 4 heteroatoms. The average Bonchev–Trinajstić information content (AvgIpc) is 2.77. The first kappa shape index (κ1) is 13.7. The number of rotatable bonds is 5. The number of hydrogen-bond acceptors (Lipinski definition) is 3. The zero-order chi connectivity index (χ0) is 13.8. The monoisotopic (exact) mass is 259 g/mol. The highest BCUT2D eigenvalue weighted by molar-refractivity contribution is 5.35. The van der Waals surface area contributed by atoms with E-state index in [1.165, 1.54) is 0 Å². The summed E-state index contributed by atoms with van der Waals surface area (Å²) in [5.74, 6) is 0.844. The topological polar surface area (TPSA) is 50.9 Å². The van der Waals surface area contributed by atoms with Gasteiger partial charge in [0.05, 0.1) is 6.10 Å². The normalized spacial score (nSPS) is 12.6. The number of benzene rings is 1. The van der Waals surface area contributed by atoms with Crippen LogP contribution in [0, 0.1) is 13.8 Å². The maximum absolute atomic E-state index is 10.5. The summed E-state index contributed by atoms with van der Waals surface area (Å²) >= 11 is 0. The Balaban J connectivity index is 2.21. The molecular formula is C15H21N3O. The highest BCUT2D eigenvalue weighted by Gasteiger charge is 2.16. The van der Waals surface area contributed by atoms with Crippen molar-refractivity contribution < 1.29 is 5.11 Å². The minimum atomic E-state index is -0.527. The second kappa shape index (κ2) is 5.97. The quantitative estimate of drug-likeness (QED) is 0.898. The van der Waals surface area contributed by atoms with E-state index in [4.69, 9.17) is 0 Å². The van der Waals surface area contributed by atoms with Gasteiger partial charge < -0.3 is 5.11 Å². The van der Waals surface area contributed by atoms with Gasteiger partial charge in [0.2, 0.25) is 0 Å². The Morgan fingerprint density at radius 3 is 2.58 bits per heavy atom. The Labute approximate surface area is 114 Å². The molecule has 0 aliphatic heterocycles. The van der Waals surface area contributed by atoms with E-state index >= 15 is 0 Å². The Kier molecular flexibility index (Phi) is 4.32. The minimum Gasteiger partial charge on any atom is -0.388 e. The number of nitrogens with zero attached hydrogens (tertiary/aromatic N) is 3. The number of aliphatic hydroxyl groups excluding tert-OH is 1. The van der Waals surface area contributed by atoms with E-state index in [1.54, 1.807) is 6.33 Å².